The summed E-state index contributed by atoms with van der Waals surface area (Å²) < 4.78 is 0. The molecule has 0 saturated carbocycles. The van der Waals surface area contributed by atoms with Gasteiger partial charge in [-0.1, -0.05) is 17.7 Å². The van der Waals surface area contributed by atoms with E-state index in [9.17, 15) is 14.4 Å². The highest BCUT2D eigenvalue weighted by atomic mass is 32.2. The highest BCUT2D eigenvalue weighted by Gasteiger charge is 2.14. The largest absolute Gasteiger partial charge is 0.294 e. The molecule has 0 fully saturated rings. The predicted molar refractivity (Wildman–Crippen MR) is 106 cm³/mol. The SMILES string of the molecule is Cc1ccc(SCC(=O)NNC(=O)CCC(=O)c2cc(C)sc2C)cc1. The third-order valence-electron chi connectivity index (χ3n) is 3.65. The molecule has 0 unspecified atom stereocenters. The van der Waals surface area contributed by atoms with E-state index in [-0.39, 0.29) is 36.2 Å². The Labute approximate surface area is 161 Å². The van der Waals surface area contributed by atoms with Gasteiger partial charge in [-0.3, -0.25) is 25.2 Å². The molecule has 0 aliphatic rings. The Bertz CT molecular complexity index is 798. The summed E-state index contributed by atoms with van der Waals surface area (Å²) in [5.41, 5.74) is 6.57. The van der Waals surface area contributed by atoms with Crippen molar-refractivity contribution in [3.05, 3.63) is 51.2 Å². The first-order valence-corrected chi connectivity index (χ1v) is 10.0. The third kappa shape index (κ3) is 6.31. The van der Waals surface area contributed by atoms with Crippen LogP contribution in [0.5, 0.6) is 0 Å². The summed E-state index contributed by atoms with van der Waals surface area (Å²) in [5, 5.41) is 0. The van der Waals surface area contributed by atoms with Crippen molar-refractivity contribution in [1.82, 2.24) is 10.9 Å². The van der Waals surface area contributed by atoms with Crippen LogP contribution >= 0.6 is 23.1 Å². The first-order valence-electron chi connectivity index (χ1n) is 8.22. The molecule has 1 heterocycles. The van der Waals surface area contributed by atoms with Crippen LogP contribution in [0.25, 0.3) is 0 Å². The number of aryl methyl sites for hydroxylation is 3. The number of ketones is 1. The van der Waals surface area contributed by atoms with Gasteiger partial charge in [-0.25, -0.2) is 0 Å². The molecule has 7 heteroatoms. The molecule has 1 aromatic heterocycles. The predicted octanol–water partition coefficient (Wildman–Crippen LogP) is 3.58. The second-order valence-corrected chi connectivity index (χ2v) is 8.46. The molecule has 1 aromatic carbocycles. The summed E-state index contributed by atoms with van der Waals surface area (Å²) in [6, 6.07) is 9.72. The normalized spacial score (nSPS) is 10.4. The van der Waals surface area contributed by atoms with Crippen LogP contribution in [0.1, 0.15) is 38.5 Å². The second-order valence-electron chi connectivity index (χ2n) is 5.95. The summed E-state index contributed by atoms with van der Waals surface area (Å²) in [5.74, 6) is -0.519. The van der Waals surface area contributed by atoms with Gasteiger partial charge in [-0.05, 0) is 39.0 Å². The van der Waals surface area contributed by atoms with Crippen LogP contribution in [0.2, 0.25) is 0 Å². The zero-order valence-corrected chi connectivity index (χ0v) is 16.7. The van der Waals surface area contributed by atoms with Gasteiger partial charge in [0.05, 0.1) is 5.75 Å². The highest BCUT2D eigenvalue weighted by Crippen LogP contribution is 2.22. The van der Waals surface area contributed by atoms with Crippen molar-refractivity contribution in [2.75, 3.05) is 5.75 Å². The average molecular weight is 391 g/mol. The van der Waals surface area contributed by atoms with Crippen molar-refractivity contribution in [2.45, 2.75) is 38.5 Å². The molecule has 0 saturated heterocycles. The number of rotatable bonds is 7. The van der Waals surface area contributed by atoms with E-state index in [1.807, 2.05) is 51.1 Å². The topological polar surface area (TPSA) is 75.3 Å². The molecule has 138 valence electrons. The van der Waals surface area contributed by atoms with Crippen LogP contribution in [-0.4, -0.2) is 23.4 Å². The van der Waals surface area contributed by atoms with E-state index in [2.05, 4.69) is 10.9 Å². The fourth-order valence-electron chi connectivity index (χ4n) is 2.29. The van der Waals surface area contributed by atoms with Crippen molar-refractivity contribution in [1.29, 1.82) is 0 Å². The summed E-state index contributed by atoms with van der Waals surface area (Å²) in [7, 11) is 0. The van der Waals surface area contributed by atoms with Gasteiger partial charge in [0.2, 0.25) is 11.8 Å². The summed E-state index contributed by atoms with van der Waals surface area (Å²) >= 11 is 2.96. The Morgan fingerprint density at radius 1 is 0.962 bits per heavy atom. The number of hydrogen-bond donors (Lipinski definition) is 2. The Kier molecular flexibility index (Phi) is 7.41. The van der Waals surface area contributed by atoms with Gasteiger partial charge in [-0.15, -0.1) is 23.1 Å². The smallest absolute Gasteiger partial charge is 0.248 e. The lowest BCUT2D eigenvalue weighted by atomic mass is 10.1. The lowest BCUT2D eigenvalue weighted by Gasteiger charge is -2.07. The minimum absolute atomic E-state index is 0.0402. The number of thiophene rings is 1. The van der Waals surface area contributed by atoms with Gasteiger partial charge in [-0.2, -0.15) is 0 Å². The van der Waals surface area contributed by atoms with Gasteiger partial charge in [0.15, 0.2) is 5.78 Å². The Morgan fingerprint density at radius 2 is 1.62 bits per heavy atom. The van der Waals surface area contributed by atoms with E-state index in [4.69, 9.17) is 0 Å². The third-order valence-corrected chi connectivity index (χ3v) is 5.63. The molecule has 0 aliphatic carbocycles. The monoisotopic (exact) mass is 390 g/mol. The van der Waals surface area contributed by atoms with E-state index in [0.717, 1.165) is 20.2 Å². The first kappa shape index (κ1) is 20.2. The van der Waals surface area contributed by atoms with Crippen LogP contribution in [0.3, 0.4) is 0 Å². The average Bonchev–Trinajstić information content (AvgIpc) is 2.95. The zero-order valence-electron chi connectivity index (χ0n) is 15.0. The molecule has 0 aliphatic heterocycles. The molecular formula is C19H22N2O3S2. The lowest BCUT2D eigenvalue weighted by molar-refractivity contribution is -0.127. The van der Waals surface area contributed by atoms with Crippen LogP contribution in [0, 0.1) is 20.8 Å². The maximum Gasteiger partial charge on any atom is 0.248 e. The van der Waals surface area contributed by atoms with Crippen LogP contribution in [-0.2, 0) is 9.59 Å². The molecule has 2 amide bonds. The Hall–Kier alpha value is -2.12. The van der Waals surface area contributed by atoms with Crippen molar-refractivity contribution in [3.63, 3.8) is 0 Å². The van der Waals surface area contributed by atoms with Crippen molar-refractivity contribution >= 4 is 40.7 Å². The van der Waals surface area contributed by atoms with Gasteiger partial charge >= 0.3 is 0 Å². The van der Waals surface area contributed by atoms with E-state index < -0.39 is 0 Å². The Balaban J connectivity index is 1.67. The number of hydrazine groups is 1. The molecule has 2 N–H and O–H groups in total. The van der Waals surface area contributed by atoms with Crippen molar-refractivity contribution < 1.29 is 14.4 Å². The zero-order chi connectivity index (χ0) is 19.1. The van der Waals surface area contributed by atoms with Gasteiger partial charge in [0.25, 0.3) is 0 Å². The number of Topliss-reactive ketones (excluding diaryl/α,β-unsaturated/α-hetero) is 1. The van der Waals surface area contributed by atoms with E-state index in [1.165, 1.54) is 11.8 Å². The molecule has 0 bridgehead atoms. The second kappa shape index (κ2) is 9.54. The number of carbonyl (C=O) groups excluding carboxylic acids is 3. The fraction of sp³-hybridized carbons (Fsp3) is 0.316. The number of nitrogens with one attached hydrogen (secondary N) is 2. The molecule has 0 spiro atoms. The van der Waals surface area contributed by atoms with Crippen LogP contribution in [0.15, 0.2) is 35.2 Å². The number of thioether (sulfide) groups is 1. The van der Waals surface area contributed by atoms with Crippen LogP contribution < -0.4 is 10.9 Å². The van der Waals surface area contributed by atoms with Crippen molar-refractivity contribution in [2.24, 2.45) is 0 Å². The lowest BCUT2D eigenvalue weighted by Crippen LogP contribution is -2.42. The number of benzene rings is 1. The number of amides is 2. The number of carbonyl (C=O) groups is 3. The maximum absolute atomic E-state index is 12.1. The van der Waals surface area contributed by atoms with E-state index in [1.54, 1.807) is 11.3 Å². The Morgan fingerprint density at radius 3 is 2.23 bits per heavy atom. The molecule has 0 radical (unpaired) electrons. The van der Waals surface area contributed by atoms with Crippen molar-refractivity contribution in [3.8, 4) is 0 Å². The molecule has 0 atom stereocenters. The molecule has 2 rings (SSSR count). The summed E-state index contributed by atoms with van der Waals surface area (Å²) in [6.07, 6.45) is 0.162. The minimum Gasteiger partial charge on any atom is -0.294 e. The maximum atomic E-state index is 12.1. The molecule has 5 nitrogen and oxygen atoms in total. The molecular weight excluding hydrogens is 368 g/mol. The quantitative estimate of drug-likeness (QED) is 0.430. The first-order chi connectivity index (χ1) is 12.3. The van der Waals surface area contributed by atoms with E-state index in [0.29, 0.717) is 5.56 Å². The molecule has 26 heavy (non-hydrogen) atoms. The van der Waals surface area contributed by atoms with Crippen LogP contribution in [0.4, 0.5) is 0 Å². The highest BCUT2D eigenvalue weighted by molar-refractivity contribution is 8.00. The van der Waals surface area contributed by atoms with Gasteiger partial charge in [0, 0.05) is 33.1 Å². The summed E-state index contributed by atoms with van der Waals surface area (Å²) in [6.45, 7) is 5.85. The summed E-state index contributed by atoms with van der Waals surface area (Å²) in [4.78, 5) is 38.8. The van der Waals surface area contributed by atoms with Gasteiger partial charge in [0.1, 0.15) is 0 Å². The number of hydrogen-bond acceptors (Lipinski definition) is 5. The van der Waals surface area contributed by atoms with Gasteiger partial charge < -0.3 is 0 Å². The minimum atomic E-state index is -0.378. The molecule has 2 aromatic rings. The standard InChI is InChI=1S/C19H22N2O3S2/c1-12-4-6-15(7-5-12)25-11-19(24)21-20-18(23)9-8-17(22)16-10-13(2)26-14(16)3/h4-7,10H,8-9,11H2,1-3H3,(H,20,23)(H,21,24). The van der Waals surface area contributed by atoms with E-state index >= 15 is 0 Å². The fourth-order valence-corrected chi connectivity index (χ4v) is 3.93.